The molecular formula is C10H9N3O4. The van der Waals surface area contributed by atoms with E-state index in [0.717, 1.165) is 0 Å². The lowest BCUT2D eigenvalue weighted by Gasteiger charge is -2.20. The van der Waals surface area contributed by atoms with Crippen molar-refractivity contribution in [2.45, 2.75) is 12.5 Å². The van der Waals surface area contributed by atoms with Crippen LogP contribution in [0.2, 0.25) is 0 Å². The first kappa shape index (κ1) is 11.1. The van der Waals surface area contributed by atoms with Gasteiger partial charge in [0.05, 0.1) is 4.92 Å². The molecule has 0 spiro atoms. The second-order valence-electron chi connectivity index (χ2n) is 3.84. The van der Waals surface area contributed by atoms with Gasteiger partial charge >= 0.3 is 6.03 Å². The van der Waals surface area contributed by atoms with Crippen LogP contribution in [0.4, 0.5) is 10.5 Å². The van der Waals surface area contributed by atoms with Crippen molar-refractivity contribution in [1.82, 2.24) is 10.6 Å². The Morgan fingerprint density at radius 2 is 1.82 bits per heavy atom. The Morgan fingerprint density at radius 1 is 1.24 bits per heavy atom. The number of carbonyl (C=O) groups excluding carboxylic acids is 2. The summed E-state index contributed by atoms with van der Waals surface area (Å²) in [6.45, 7) is 1.54. The molecule has 7 heteroatoms. The Labute approximate surface area is 96.0 Å². The molecule has 7 nitrogen and oxygen atoms in total. The van der Waals surface area contributed by atoms with Crippen LogP contribution in [-0.2, 0) is 10.3 Å². The maximum absolute atomic E-state index is 11.6. The van der Waals surface area contributed by atoms with Crippen molar-refractivity contribution in [1.29, 1.82) is 0 Å². The van der Waals surface area contributed by atoms with Crippen LogP contribution in [0.3, 0.4) is 0 Å². The molecule has 3 amide bonds. The number of amides is 3. The lowest BCUT2D eigenvalue weighted by molar-refractivity contribution is -0.384. The average molecular weight is 235 g/mol. The molecule has 1 aliphatic rings. The molecule has 1 fully saturated rings. The van der Waals surface area contributed by atoms with Crippen LogP contribution in [0.25, 0.3) is 0 Å². The van der Waals surface area contributed by atoms with Crippen LogP contribution < -0.4 is 10.6 Å². The number of nitro benzene ring substituents is 1. The highest BCUT2D eigenvalue weighted by Gasteiger charge is 2.43. The van der Waals surface area contributed by atoms with Crippen LogP contribution in [0, 0.1) is 10.1 Å². The summed E-state index contributed by atoms with van der Waals surface area (Å²) in [5.41, 5.74) is -0.750. The molecule has 88 valence electrons. The minimum absolute atomic E-state index is 0.0675. The first-order chi connectivity index (χ1) is 7.93. The van der Waals surface area contributed by atoms with Gasteiger partial charge in [-0.05, 0) is 24.6 Å². The maximum atomic E-state index is 11.6. The molecule has 0 unspecified atom stereocenters. The summed E-state index contributed by atoms with van der Waals surface area (Å²) >= 11 is 0. The Hall–Kier alpha value is -2.44. The number of urea groups is 1. The number of nitrogens with zero attached hydrogens (tertiary/aromatic N) is 1. The van der Waals surface area contributed by atoms with Gasteiger partial charge in [0.25, 0.3) is 11.6 Å². The van der Waals surface area contributed by atoms with Gasteiger partial charge in [0.2, 0.25) is 0 Å². The van der Waals surface area contributed by atoms with E-state index in [-0.39, 0.29) is 5.69 Å². The van der Waals surface area contributed by atoms with Crippen LogP contribution in [0.15, 0.2) is 24.3 Å². The molecule has 17 heavy (non-hydrogen) atoms. The zero-order valence-corrected chi connectivity index (χ0v) is 8.89. The van der Waals surface area contributed by atoms with E-state index in [1.807, 2.05) is 0 Å². The predicted molar refractivity (Wildman–Crippen MR) is 57.1 cm³/mol. The smallest absolute Gasteiger partial charge is 0.320 e. The molecule has 0 aromatic heterocycles. The topological polar surface area (TPSA) is 101 Å². The number of hydrogen-bond acceptors (Lipinski definition) is 4. The third-order valence-corrected chi connectivity index (χ3v) is 2.70. The fraction of sp³-hybridized carbons (Fsp3) is 0.200. The van der Waals surface area contributed by atoms with Crippen molar-refractivity contribution in [3.05, 3.63) is 39.9 Å². The lowest BCUT2D eigenvalue weighted by Crippen LogP contribution is -2.40. The normalized spacial score (nSPS) is 23.1. The van der Waals surface area contributed by atoms with Gasteiger partial charge in [-0.3, -0.25) is 20.2 Å². The first-order valence-electron chi connectivity index (χ1n) is 4.82. The molecule has 1 aromatic carbocycles. The number of non-ortho nitro benzene ring substituents is 1. The van der Waals surface area contributed by atoms with E-state index in [1.165, 1.54) is 31.2 Å². The molecule has 1 atom stereocenters. The minimum atomic E-state index is -1.17. The molecule has 1 aliphatic heterocycles. The van der Waals surface area contributed by atoms with E-state index in [2.05, 4.69) is 10.6 Å². The molecule has 0 aliphatic carbocycles. The van der Waals surface area contributed by atoms with Gasteiger partial charge in [-0.15, -0.1) is 0 Å². The fourth-order valence-electron chi connectivity index (χ4n) is 1.66. The highest BCUT2D eigenvalue weighted by molar-refractivity contribution is 6.07. The van der Waals surface area contributed by atoms with Crippen LogP contribution in [-0.4, -0.2) is 16.9 Å². The van der Waals surface area contributed by atoms with Crippen molar-refractivity contribution in [2.24, 2.45) is 0 Å². The Balaban J connectivity index is 2.37. The largest absolute Gasteiger partial charge is 0.322 e. The zero-order chi connectivity index (χ0) is 12.6. The third-order valence-electron chi connectivity index (χ3n) is 2.70. The molecule has 1 saturated heterocycles. The molecular weight excluding hydrogens is 226 g/mol. The minimum Gasteiger partial charge on any atom is -0.320 e. The van der Waals surface area contributed by atoms with Gasteiger partial charge < -0.3 is 5.32 Å². The van der Waals surface area contributed by atoms with Gasteiger partial charge in [0.1, 0.15) is 5.54 Å². The highest BCUT2D eigenvalue weighted by Crippen LogP contribution is 2.25. The molecule has 0 radical (unpaired) electrons. The van der Waals surface area contributed by atoms with Gasteiger partial charge in [-0.1, -0.05) is 0 Å². The van der Waals surface area contributed by atoms with Gasteiger partial charge in [0.15, 0.2) is 0 Å². The summed E-state index contributed by atoms with van der Waals surface area (Å²) < 4.78 is 0. The number of benzene rings is 1. The summed E-state index contributed by atoms with van der Waals surface area (Å²) in [7, 11) is 0. The van der Waals surface area contributed by atoms with Crippen molar-refractivity contribution >= 4 is 17.6 Å². The highest BCUT2D eigenvalue weighted by atomic mass is 16.6. The zero-order valence-electron chi connectivity index (χ0n) is 8.89. The molecule has 1 aromatic rings. The number of nitrogens with one attached hydrogen (secondary N) is 2. The number of imide groups is 1. The molecule has 1 heterocycles. The van der Waals surface area contributed by atoms with E-state index in [9.17, 15) is 19.7 Å². The third kappa shape index (κ3) is 1.71. The Morgan fingerprint density at radius 3 is 2.24 bits per heavy atom. The standard InChI is InChI=1S/C10H9N3O4/c1-10(8(14)11-9(15)12-10)6-2-4-7(5-3-6)13(16)17/h2-5H,1H3,(H2,11,12,14,15)/t10-/m0/s1. The van der Waals surface area contributed by atoms with Gasteiger partial charge in [-0.2, -0.15) is 0 Å². The number of rotatable bonds is 2. The maximum Gasteiger partial charge on any atom is 0.322 e. The van der Waals surface area contributed by atoms with Crippen molar-refractivity contribution in [3.63, 3.8) is 0 Å². The number of carbonyl (C=O) groups is 2. The van der Waals surface area contributed by atoms with E-state index < -0.39 is 22.4 Å². The van der Waals surface area contributed by atoms with Gasteiger partial charge in [-0.25, -0.2) is 4.79 Å². The summed E-state index contributed by atoms with van der Waals surface area (Å²) in [6.07, 6.45) is 0. The first-order valence-corrected chi connectivity index (χ1v) is 4.82. The van der Waals surface area contributed by atoms with E-state index >= 15 is 0 Å². The average Bonchev–Trinajstić information content (AvgIpc) is 2.54. The van der Waals surface area contributed by atoms with Crippen LogP contribution in [0.1, 0.15) is 12.5 Å². The second-order valence-corrected chi connectivity index (χ2v) is 3.84. The molecule has 0 saturated carbocycles. The molecule has 2 rings (SSSR count). The van der Waals surface area contributed by atoms with Crippen molar-refractivity contribution in [2.75, 3.05) is 0 Å². The van der Waals surface area contributed by atoms with Crippen molar-refractivity contribution < 1.29 is 14.5 Å². The monoisotopic (exact) mass is 235 g/mol. The number of nitro groups is 1. The van der Waals surface area contributed by atoms with Gasteiger partial charge in [0, 0.05) is 12.1 Å². The second kappa shape index (κ2) is 3.55. The van der Waals surface area contributed by atoms with E-state index in [4.69, 9.17) is 0 Å². The quantitative estimate of drug-likeness (QED) is 0.446. The Bertz CT molecular complexity index is 511. The lowest BCUT2D eigenvalue weighted by atomic mass is 9.92. The molecule has 2 N–H and O–H groups in total. The summed E-state index contributed by atoms with van der Waals surface area (Å²) in [6, 6.07) is 4.90. The van der Waals surface area contributed by atoms with E-state index in [1.54, 1.807) is 0 Å². The summed E-state index contributed by atoms with van der Waals surface area (Å²) in [4.78, 5) is 32.6. The molecule has 0 bridgehead atoms. The van der Waals surface area contributed by atoms with E-state index in [0.29, 0.717) is 5.56 Å². The van der Waals surface area contributed by atoms with Crippen LogP contribution in [0.5, 0.6) is 0 Å². The summed E-state index contributed by atoms with van der Waals surface area (Å²) in [5.74, 6) is -0.476. The van der Waals surface area contributed by atoms with Crippen molar-refractivity contribution in [3.8, 4) is 0 Å². The Kier molecular flexibility index (Phi) is 2.31. The SMILES string of the molecule is C[C@@]1(c2ccc([N+](=O)[O-])cc2)NC(=O)NC1=O. The summed E-state index contributed by atoms with van der Waals surface area (Å²) in [5, 5.41) is 15.1. The fourth-order valence-corrected chi connectivity index (χ4v) is 1.66. The number of hydrogen-bond donors (Lipinski definition) is 2. The predicted octanol–water partition coefficient (Wildman–Crippen LogP) is 0.649. The van der Waals surface area contributed by atoms with Crippen LogP contribution >= 0.6 is 0 Å².